The van der Waals surface area contributed by atoms with Crippen molar-refractivity contribution in [1.29, 1.82) is 0 Å². The lowest BCUT2D eigenvalue weighted by molar-refractivity contribution is 0.0523. The quantitative estimate of drug-likeness (QED) is 0.865. The largest absolute Gasteiger partial charge is 0.444 e. The van der Waals surface area contributed by atoms with E-state index in [0.29, 0.717) is 18.5 Å². The first kappa shape index (κ1) is 23.3. The molecule has 1 aromatic rings. The molecule has 0 spiro atoms. The topological polar surface area (TPSA) is 71.5 Å². The van der Waals surface area contributed by atoms with E-state index in [4.69, 9.17) is 4.74 Å². The Bertz CT molecular complexity index is 435. The van der Waals surface area contributed by atoms with Gasteiger partial charge in [-0.1, -0.05) is 19.9 Å². The van der Waals surface area contributed by atoms with Crippen LogP contribution in [0.1, 0.15) is 50.7 Å². The Morgan fingerprint density at radius 1 is 1.26 bits per heavy atom. The average molecular weight is 325 g/mol. The number of aldehydes is 1. The molecule has 0 radical (unpaired) electrons. The molecule has 0 aliphatic heterocycles. The van der Waals surface area contributed by atoms with E-state index in [1.807, 2.05) is 39.9 Å². The molecule has 6 nitrogen and oxygen atoms in total. The fraction of sp³-hybridized carbons (Fsp3) is 0.588. The Morgan fingerprint density at radius 3 is 2.13 bits per heavy atom. The van der Waals surface area contributed by atoms with Gasteiger partial charge in [0.25, 0.3) is 0 Å². The summed E-state index contributed by atoms with van der Waals surface area (Å²) in [4.78, 5) is 27.6. The van der Waals surface area contributed by atoms with Crippen LogP contribution in [-0.4, -0.2) is 49.0 Å². The van der Waals surface area contributed by atoms with Crippen molar-refractivity contribution in [2.75, 3.05) is 21.1 Å². The van der Waals surface area contributed by atoms with E-state index in [-0.39, 0.29) is 0 Å². The maximum atomic E-state index is 11.3. The number of alkyl carbamates (subject to hydrolysis) is 1. The van der Waals surface area contributed by atoms with Gasteiger partial charge >= 0.3 is 6.09 Å². The molecule has 0 fully saturated rings. The highest BCUT2D eigenvalue weighted by Gasteiger charge is 2.15. The summed E-state index contributed by atoms with van der Waals surface area (Å²) in [5.74, 6) is 0. The lowest BCUT2D eigenvalue weighted by Crippen LogP contribution is -2.32. The van der Waals surface area contributed by atoms with Gasteiger partial charge in [0, 0.05) is 12.7 Å². The van der Waals surface area contributed by atoms with Crippen molar-refractivity contribution in [3.05, 3.63) is 29.6 Å². The number of amides is 1. The number of pyridine rings is 1. The molecule has 23 heavy (non-hydrogen) atoms. The van der Waals surface area contributed by atoms with Gasteiger partial charge in [-0.15, -0.1) is 0 Å². The Morgan fingerprint density at radius 2 is 1.78 bits per heavy atom. The molecular formula is C17H31N3O3. The molecule has 6 heteroatoms. The molecule has 0 atom stereocenters. The van der Waals surface area contributed by atoms with Crippen LogP contribution in [0, 0.1) is 0 Å². The van der Waals surface area contributed by atoms with Crippen LogP contribution < -0.4 is 5.32 Å². The number of hydrogen-bond acceptors (Lipinski definition) is 5. The molecule has 1 rings (SSSR count). The Labute approximate surface area is 140 Å². The van der Waals surface area contributed by atoms with Crippen LogP contribution in [0.15, 0.2) is 18.3 Å². The zero-order valence-electron chi connectivity index (χ0n) is 15.6. The van der Waals surface area contributed by atoms with E-state index in [0.717, 1.165) is 5.56 Å². The average Bonchev–Trinajstić information content (AvgIpc) is 2.45. The monoisotopic (exact) mass is 325 g/mol. The van der Waals surface area contributed by atoms with E-state index in [9.17, 15) is 9.59 Å². The Balaban J connectivity index is 0. The number of nitrogens with one attached hydrogen (secondary N) is 1. The smallest absolute Gasteiger partial charge is 0.407 e. The second-order valence-electron chi connectivity index (χ2n) is 5.91. The number of carbonyl (C=O) groups is 2. The predicted octanol–water partition coefficient (Wildman–Crippen LogP) is 3.12. The van der Waals surface area contributed by atoms with E-state index in [2.05, 4.69) is 10.3 Å². The summed E-state index contributed by atoms with van der Waals surface area (Å²) in [5, 5.41) is 2.60. The normalized spacial score (nSPS) is 9.78. The molecule has 0 saturated heterocycles. The molecule has 1 amide bonds. The maximum absolute atomic E-state index is 11.3. The van der Waals surface area contributed by atoms with Crippen molar-refractivity contribution in [2.24, 2.45) is 0 Å². The van der Waals surface area contributed by atoms with Gasteiger partial charge in [-0.25, -0.2) is 4.79 Å². The van der Waals surface area contributed by atoms with Crippen LogP contribution >= 0.6 is 0 Å². The summed E-state index contributed by atoms with van der Waals surface area (Å²) in [6, 6.07) is 3.33. The standard InChI is InChI=1S/C12H16N2O3.C3H9N.C2H6/c1-12(2,3)17-11(16)14-7-9-4-5-10(8-15)13-6-9;1-4(2)3;1-2/h4-6,8H,7H2,1-3H3,(H,14,16);1-3H3;1-2H3. The zero-order chi connectivity index (χ0) is 18.5. The van der Waals surface area contributed by atoms with Crippen molar-refractivity contribution in [3.63, 3.8) is 0 Å². The molecule has 0 aliphatic rings. The summed E-state index contributed by atoms with van der Waals surface area (Å²) in [6.45, 7) is 9.72. The molecule has 1 aromatic heterocycles. The summed E-state index contributed by atoms with van der Waals surface area (Å²) in [7, 11) is 6.00. The Kier molecular flexibility index (Phi) is 12.8. The van der Waals surface area contributed by atoms with Crippen LogP contribution in [0.2, 0.25) is 0 Å². The number of ether oxygens (including phenoxy) is 1. The van der Waals surface area contributed by atoms with Crippen molar-refractivity contribution >= 4 is 12.4 Å². The van der Waals surface area contributed by atoms with Gasteiger partial charge in [0.1, 0.15) is 11.3 Å². The highest BCUT2D eigenvalue weighted by molar-refractivity contribution is 5.71. The number of hydrogen-bond donors (Lipinski definition) is 1. The van der Waals surface area contributed by atoms with Gasteiger partial charge in [-0.05, 0) is 53.5 Å². The number of carbonyl (C=O) groups excluding carboxylic acids is 2. The summed E-state index contributed by atoms with van der Waals surface area (Å²) >= 11 is 0. The molecule has 0 saturated carbocycles. The van der Waals surface area contributed by atoms with Crippen molar-refractivity contribution < 1.29 is 14.3 Å². The molecule has 0 bridgehead atoms. The van der Waals surface area contributed by atoms with Crippen LogP contribution in [0.4, 0.5) is 4.79 Å². The molecular weight excluding hydrogens is 294 g/mol. The van der Waals surface area contributed by atoms with Gasteiger partial charge in [0.15, 0.2) is 6.29 Å². The molecule has 1 heterocycles. The second kappa shape index (κ2) is 12.6. The van der Waals surface area contributed by atoms with Crippen LogP contribution in [0.25, 0.3) is 0 Å². The minimum atomic E-state index is -0.510. The second-order valence-corrected chi connectivity index (χ2v) is 5.91. The van der Waals surface area contributed by atoms with Gasteiger partial charge in [0.2, 0.25) is 0 Å². The first-order chi connectivity index (χ1) is 10.6. The van der Waals surface area contributed by atoms with E-state index in [1.54, 1.807) is 39.1 Å². The molecule has 0 unspecified atom stereocenters. The van der Waals surface area contributed by atoms with Gasteiger partial charge in [-0.3, -0.25) is 9.78 Å². The van der Waals surface area contributed by atoms with Gasteiger partial charge < -0.3 is 15.0 Å². The number of nitrogens with zero attached hydrogens (tertiary/aromatic N) is 2. The highest BCUT2D eigenvalue weighted by atomic mass is 16.6. The molecule has 0 aliphatic carbocycles. The molecule has 132 valence electrons. The minimum Gasteiger partial charge on any atom is -0.444 e. The van der Waals surface area contributed by atoms with E-state index >= 15 is 0 Å². The number of rotatable bonds is 3. The van der Waals surface area contributed by atoms with Crippen LogP contribution in [-0.2, 0) is 11.3 Å². The lowest BCUT2D eigenvalue weighted by atomic mass is 10.2. The minimum absolute atomic E-state index is 0.320. The fourth-order valence-corrected chi connectivity index (χ4v) is 1.10. The van der Waals surface area contributed by atoms with Crippen molar-refractivity contribution in [3.8, 4) is 0 Å². The Hall–Kier alpha value is -1.95. The third-order valence-corrected chi connectivity index (χ3v) is 1.80. The van der Waals surface area contributed by atoms with Crippen molar-refractivity contribution in [2.45, 2.75) is 46.8 Å². The lowest BCUT2D eigenvalue weighted by Gasteiger charge is -2.19. The third-order valence-electron chi connectivity index (χ3n) is 1.80. The fourth-order valence-electron chi connectivity index (χ4n) is 1.10. The van der Waals surface area contributed by atoms with E-state index in [1.165, 1.54) is 0 Å². The molecule has 1 N–H and O–H groups in total. The van der Waals surface area contributed by atoms with Gasteiger partial charge in [0.05, 0.1) is 0 Å². The zero-order valence-corrected chi connectivity index (χ0v) is 15.6. The third kappa shape index (κ3) is 16.2. The number of aromatic nitrogens is 1. The van der Waals surface area contributed by atoms with Gasteiger partial charge in [-0.2, -0.15) is 0 Å². The van der Waals surface area contributed by atoms with E-state index < -0.39 is 11.7 Å². The summed E-state index contributed by atoms with van der Waals surface area (Å²) in [5.41, 5.74) is 0.663. The first-order valence-corrected chi connectivity index (χ1v) is 7.62. The van der Waals surface area contributed by atoms with Crippen LogP contribution in [0.5, 0.6) is 0 Å². The predicted molar refractivity (Wildman–Crippen MR) is 93.7 cm³/mol. The summed E-state index contributed by atoms with van der Waals surface area (Å²) < 4.78 is 5.08. The molecule has 0 aromatic carbocycles. The maximum Gasteiger partial charge on any atom is 0.407 e. The highest BCUT2D eigenvalue weighted by Crippen LogP contribution is 2.07. The van der Waals surface area contributed by atoms with Crippen LogP contribution in [0.3, 0.4) is 0 Å². The summed E-state index contributed by atoms with van der Waals surface area (Å²) in [6.07, 6.45) is 1.74. The SMILES string of the molecule is CC.CC(C)(C)OC(=O)NCc1ccc(C=O)nc1.CN(C)C. The van der Waals surface area contributed by atoms with Crippen molar-refractivity contribution in [1.82, 2.24) is 15.2 Å². The first-order valence-electron chi connectivity index (χ1n) is 7.62.